The van der Waals surface area contributed by atoms with Gasteiger partial charge < -0.3 is 10.0 Å². The fourth-order valence-corrected chi connectivity index (χ4v) is 2.39. The molecule has 1 amide bonds. The van der Waals surface area contributed by atoms with Crippen LogP contribution in [-0.4, -0.2) is 44.5 Å². The van der Waals surface area contributed by atoms with Crippen molar-refractivity contribution in [2.75, 3.05) is 13.1 Å². The van der Waals surface area contributed by atoms with Crippen LogP contribution in [0.4, 0.5) is 0 Å². The number of aliphatic carboxylic acids is 1. The maximum Gasteiger partial charge on any atom is 0.328 e. The van der Waals surface area contributed by atoms with Gasteiger partial charge in [0.05, 0.1) is 5.92 Å². The van der Waals surface area contributed by atoms with E-state index in [0.29, 0.717) is 25.9 Å². The number of piperidine rings is 1. The average Bonchev–Trinajstić information content (AvgIpc) is 2.44. The maximum absolute atomic E-state index is 12.1. The maximum atomic E-state index is 12.1. The minimum absolute atomic E-state index is 0.174. The Balaban J connectivity index is 2.03. The van der Waals surface area contributed by atoms with Gasteiger partial charge >= 0.3 is 11.7 Å². The summed E-state index contributed by atoms with van der Waals surface area (Å²) in [6, 6.07) is 0. The van der Waals surface area contributed by atoms with Crippen molar-refractivity contribution < 1.29 is 14.7 Å². The molecule has 0 saturated carbocycles. The Hall–Kier alpha value is -2.09. The number of carbonyl (C=O) groups is 2. The van der Waals surface area contributed by atoms with Crippen molar-refractivity contribution in [1.29, 1.82) is 0 Å². The second-order valence-corrected chi connectivity index (χ2v) is 5.26. The third kappa shape index (κ3) is 3.52. The Morgan fingerprint density at radius 3 is 2.52 bits per heavy atom. The number of aromatic nitrogens is 2. The number of halogens is 1. The number of carboxylic acids is 1. The summed E-state index contributed by atoms with van der Waals surface area (Å²) in [6.45, 7) is 0.427. The highest BCUT2D eigenvalue weighted by molar-refractivity contribution is 6.30. The molecule has 2 heterocycles. The van der Waals surface area contributed by atoms with E-state index < -0.39 is 23.1 Å². The van der Waals surface area contributed by atoms with Crippen molar-refractivity contribution in [1.82, 2.24) is 14.5 Å². The van der Waals surface area contributed by atoms with E-state index in [2.05, 4.69) is 0 Å². The topological polar surface area (TPSA) is 112 Å². The van der Waals surface area contributed by atoms with E-state index in [0.717, 1.165) is 10.8 Å². The molecule has 0 spiro atoms. The third-order valence-corrected chi connectivity index (χ3v) is 3.74. The largest absolute Gasteiger partial charge is 0.481 e. The molecule has 0 radical (unpaired) electrons. The Morgan fingerprint density at radius 1 is 1.33 bits per heavy atom. The second kappa shape index (κ2) is 6.13. The van der Waals surface area contributed by atoms with Gasteiger partial charge in [0.25, 0.3) is 5.56 Å². The van der Waals surface area contributed by atoms with Crippen LogP contribution in [0.5, 0.6) is 0 Å². The van der Waals surface area contributed by atoms with Crippen LogP contribution >= 0.6 is 11.6 Å². The van der Waals surface area contributed by atoms with E-state index in [-0.39, 0.29) is 17.5 Å². The fourth-order valence-electron chi connectivity index (χ4n) is 2.22. The van der Waals surface area contributed by atoms with Crippen LogP contribution in [-0.2, 0) is 16.1 Å². The van der Waals surface area contributed by atoms with Crippen LogP contribution in [0.3, 0.4) is 0 Å². The monoisotopic (exact) mass is 315 g/mol. The van der Waals surface area contributed by atoms with E-state index >= 15 is 0 Å². The molecule has 0 bridgehead atoms. The first-order valence-electron chi connectivity index (χ1n) is 6.38. The van der Waals surface area contributed by atoms with Gasteiger partial charge in [0.15, 0.2) is 0 Å². The van der Waals surface area contributed by atoms with Gasteiger partial charge in [-0.1, -0.05) is 11.6 Å². The summed E-state index contributed by atoms with van der Waals surface area (Å²) in [6.07, 6.45) is 1.90. The molecule has 1 aliphatic heterocycles. The molecule has 1 aliphatic rings. The van der Waals surface area contributed by atoms with Crippen LogP contribution in [0.25, 0.3) is 0 Å². The Kier molecular flexibility index (Phi) is 4.46. The lowest BCUT2D eigenvalue weighted by Crippen LogP contribution is -2.43. The predicted octanol–water partition coefficient (Wildman–Crippen LogP) is -0.487. The van der Waals surface area contributed by atoms with Crippen molar-refractivity contribution in [3.63, 3.8) is 0 Å². The van der Waals surface area contributed by atoms with Gasteiger partial charge in [0, 0.05) is 19.3 Å². The van der Waals surface area contributed by atoms with Crippen molar-refractivity contribution in [3.05, 3.63) is 32.1 Å². The highest BCUT2D eigenvalue weighted by Gasteiger charge is 2.27. The zero-order chi connectivity index (χ0) is 15.6. The number of hydrogen-bond donors (Lipinski definition) is 2. The first kappa shape index (κ1) is 15.3. The van der Waals surface area contributed by atoms with Gasteiger partial charge in [-0.2, -0.15) is 0 Å². The molecule has 2 N–H and O–H groups in total. The lowest BCUT2D eigenvalue weighted by molar-refractivity contribution is -0.145. The minimum Gasteiger partial charge on any atom is -0.481 e. The number of carboxylic acid groups (broad SMARTS) is 1. The first-order valence-corrected chi connectivity index (χ1v) is 6.76. The normalized spacial score (nSPS) is 16.0. The molecule has 0 aromatic carbocycles. The number of aromatic amines is 1. The number of nitrogens with zero attached hydrogens (tertiary/aromatic N) is 2. The fraction of sp³-hybridized carbons (Fsp3) is 0.500. The summed E-state index contributed by atoms with van der Waals surface area (Å²) >= 11 is 5.62. The van der Waals surface area contributed by atoms with Gasteiger partial charge in [-0.05, 0) is 12.8 Å². The van der Waals surface area contributed by atoms with Crippen molar-refractivity contribution in [2.45, 2.75) is 19.4 Å². The number of carbonyl (C=O) groups excluding carboxylic acids is 1. The Bertz CT molecular complexity index is 672. The van der Waals surface area contributed by atoms with Gasteiger partial charge in [-0.25, -0.2) is 4.79 Å². The number of amides is 1. The summed E-state index contributed by atoms with van der Waals surface area (Å²) < 4.78 is 1.02. The van der Waals surface area contributed by atoms with E-state index in [1.54, 1.807) is 0 Å². The van der Waals surface area contributed by atoms with E-state index in [9.17, 15) is 19.2 Å². The molecule has 114 valence electrons. The number of likely N-dealkylation sites (tertiary alicyclic amines) is 1. The molecular formula is C12H14ClN3O5. The van der Waals surface area contributed by atoms with Crippen molar-refractivity contribution in [3.8, 4) is 0 Å². The van der Waals surface area contributed by atoms with Crippen molar-refractivity contribution in [2.24, 2.45) is 5.92 Å². The van der Waals surface area contributed by atoms with Gasteiger partial charge in [-0.15, -0.1) is 0 Å². The molecule has 1 saturated heterocycles. The molecular weight excluding hydrogens is 302 g/mol. The lowest BCUT2D eigenvalue weighted by Gasteiger charge is -2.30. The molecule has 1 aromatic rings. The van der Waals surface area contributed by atoms with Crippen LogP contribution in [0, 0.1) is 5.92 Å². The molecule has 21 heavy (non-hydrogen) atoms. The zero-order valence-electron chi connectivity index (χ0n) is 11.0. The summed E-state index contributed by atoms with van der Waals surface area (Å²) in [5.74, 6) is -1.60. The van der Waals surface area contributed by atoms with Crippen LogP contribution in [0.15, 0.2) is 15.8 Å². The summed E-state index contributed by atoms with van der Waals surface area (Å²) in [5, 5.41) is 8.72. The SMILES string of the molecule is O=C(O)C1CCN(C(=O)Cn2cc(Cl)c(=O)[nH]c2=O)CC1. The van der Waals surface area contributed by atoms with E-state index in [1.165, 1.54) is 4.90 Å². The molecule has 1 aromatic heterocycles. The predicted molar refractivity (Wildman–Crippen MR) is 73.3 cm³/mol. The van der Waals surface area contributed by atoms with Crippen molar-refractivity contribution >= 4 is 23.5 Å². The highest BCUT2D eigenvalue weighted by Crippen LogP contribution is 2.17. The number of hydrogen-bond acceptors (Lipinski definition) is 4. The minimum atomic E-state index is -0.856. The van der Waals surface area contributed by atoms with Crippen LogP contribution < -0.4 is 11.2 Å². The molecule has 2 rings (SSSR count). The number of H-pyrrole nitrogens is 1. The van der Waals surface area contributed by atoms with Gasteiger partial charge in [0.1, 0.15) is 11.6 Å². The second-order valence-electron chi connectivity index (χ2n) is 4.86. The molecule has 9 heteroatoms. The molecule has 0 unspecified atom stereocenters. The standard InChI is InChI=1S/C12H14ClN3O5/c13-8-5-16(12(21)14-10(8)18)6-9(17)15-3-1-7(2-4-15)11(19)20/h5,7H,1-4,6H2,(H,19,20)(H,14,18,21). The zero-order valence-corrected chi connectivity index (χ0v) is 11.8. The summed E-state index contributed by atoms with van der Waals surface area (Å²) in [5.41, 5.74) is -1.41. The van der Waals surface area contributed by atoms with E-state index in [4.69, 9.17) is 16.7 Å². The highest BCUT2D eigenvalue weighted by atomic mass is 35.5. The third-order valence-electron chi connectivity index (χ3n) is 3.47. The Labute approximate surface area is 123 Å². The first-order chi connectivity index (χ1) is 9.88. The smallest absolute Gasteiger partial charge is 0.328 e. The molecule has 1 fully saturated rings. The number of nitrogens with one attached hydrogen (secondary N) is 1. The van der Waals surface area contributed by atoms with Crippen LogP contribution in [0.1, 0.15) is 12.8 Å². The summed E-state index contributed by atoms with van der Waals surface area (Å²) in [4.78, 5) is 49.1. The molecule has 0 atom stereocenters. The van der Waals surface area contributed by atoms with Gasteiger partial charge in [-0.3, -0.25) is 23.9 Å². The number of rotatable bonds is 3. The quantitative estimate of drug-likeness (QED) is 0.782. The van der Waals surface area contributed by atoms with Gasteiger partial charge in [0.2, 0.25) is 5.91 Å². The lowest BCUT2D eigenvalue weighted by atomic mass is 9.97. The molecule has 8 nitrogen and oxygen atoms in total. The Morgan fingerprint density at radius 2 is 1.95 bits per heavy atom. The summed E-state index contributed by atoms with van der Waals surface area (Å²) in [7, 11) is 0. The average molecular weight is 316 g/mol. The van der Waals surface area contributed by atoms with Crippen LogP contribution in [0.2, 0.25) is 5.02 Å². The molecule has 0 aliphatic carbocycles. The van der Waals surface area contributed by atoms with E-state index in [1.807, 2.05) is 4.98 Å².